The van der Waals surface area contributed by atoms with Gasteiger partial charge in [-0.25, -0.2) is 4.39 Å². The van der Waals surface area contributed by atoms with Gasteiger partial charge in [0, 0.05) is 12.2 Å². The van der Waals surface area contributed by atoms with Crippen LogP contribution in [0.1, 0.15) is 45.6 Å². The van der Waals surface area contributed by atoms with Crippen molar-refractivity contribution in [3.05, 3.63) is 40.7 Å². The lowest BCUT2D eigenvalue weighted by molar-refractivity contribution is 0.364. The number of rotatable bonds is 3. The van der Waals surface area contributed by atoms with Crippen LogP contribution in [0, 0.1) is 18.2 Å². The Labute approximate surface area is 115 Å². The van der Waals surface area contributed by atoms with E-state index in [2.05, 4.69) is 26.1 Å². The van der Waals surface area contributed by atoms with E-state index in [4.69, 9.17) is 0 Å². The van der Waals surface area contributed by atoms with E-state index in [1.54, 1.807) is 13.0 Å². The van der Waals surface area contributed by atoms with Crippen LogP contribution in [0.3, 0.4) is 0 Å². The van der Waals surface area contributed by atoms with Gasteiger partial charge >= 0.3 is 0 Å². The SMILES string of the molecule is CC1=C(CNc2ccc(C)c(F)c2)C(C)(C)CCC1. The Morgan fingerprint density at radius 1 is 1.26 bits per heavy atom. The van der Waals surface area contributed by atoms with Gasteiger partial charge < -0.3 is 5.32 Å². The summed E-state index contributed by atoms with van der Waals surface area (Å²) in [5.74, 6) is -0.140. The normalized spacial score (nSPS) is 18.6. The lowest BCUT2D eigenvalue weighted by Gasteiger charge is -2.35. The fourth-order valence-electron chi connectivity index (χ4n) is 2.96. The van der Waals surface area contributed by atoms with Crippen LogP contribution >= 0.6 is 0 Å². The zero-order valence-corrected chi connectivity index (χ0v) is 12.4. The number of nitrogens with one attached hydrogen (secondary N) is 1. The van der Waals surface area contributed by atoms with Crippen molar-refractivity contribution >= 4 is 5.69 Å². The third kappa shape index (κ3) is 3.17. The fourth-order valence-corrected chi connectivity index (χ4v) is 2.96. The van der Waals surface area contributed by atoms with Crippen LogP contribution in [-0.2, 0) is 0 Å². The van der Waals surface area contributed by atoms with Crippen molar-refractivity contribution in [2.45, 2.75) is 47.0 Å². The molecular weight excluding hydrogens is 237 g/mol. The van der Waals surface area contributed by atoms with Gasteiger partial charge in [-0.15, -0.1) is 0 Å². The molecule has 19 heavy (non-hydrogen) atoms. The van der Waals surface area contributed by atoms with E-state index in [-0.39, 0.29) is 11.2 Å². The molecule has 0 heterocycles. The summed E-state index contributed by atoms with van der Waals surface area (Å²) >= 11 is 0. The Morgan fingerprint density at radius 3 is 2.63 bits per heavy atom. The van der Waals surface area contributed by atoms with E-state index in [1.807, 2.05) is 12.1 Å². The molecule has 0 unspecified atom stereocenters. The number of benzene rings is 1. The van der Waals surface area contributed by atoms with Gasteiger partial charge in [0.1, 0.15) is 5.82 Å². The first-order valence-corrected chi connectivity index (χ1v) is 7.09. The molecule has 0 saturated carbocycles. The summed E-state index contributed by atoms with van der Waals surface area (Å²) < 4.78 is 13.5. The molecule has 0 bridgehead atoms. The standard InChI is InChI=1S/C17H24FN/c1-12-6-5-9-17(3,4)15(12)11-19-14-8-7-13(2)16(18)10-14/h7-8,10,19H,5-6,9,11H2,1-4H3. The summed E-state index contributed by atoms with van der Waals surface area (Å²) in [5.41, 5.74) is 4.80. The summed E-state index contributed by atoms with van der Waals surface area (Å²) in [6, 6.07) is 5.36. The van der Waals surface area contributed by atoms with Crippen molar-refractivity contribution in [3.8, 4) is 0 Å². The number of hydrogen-bond acceptors (Lipinski definition) is 1. The van der Waals surface area contributed by atoms with Gasteiger partial charge in [-0.3, -0.25) is 0 Å². The quantitative estimate of drug-likeness (QED) is 0.749. The van der Waals surface area contributed by atoms with E-state index in [0.29, 0.717) is 5.56 Å². The largest absolute Gasteiger partial charge is 0.381 e. The number of allylic oxidation sites excluding steroid dienone is 1. The van der Waals surface area contributed by atoms with Crippen molar-refractivity contribution in [1.29, 1.82) is 0 Å². The molecule has 2 rings (SSSR count). The second-order valence-corrected chi connectivity index (χ2v) is 6.31. The van der Waals surface area contributed by atoms with Crippen LogP contribution in [0.2, 0.25) is 0 Å². The highest BCUT2D eigenvalue weighted by Gasteiger charge is 2.27. The van der Waals surface area contributed by atoms with Crippen molar-refractivity contribution < 1.29 is 4.39 Å². The molecular formula is C17H24FN. The van der Waals surface area contributed by atoms with Crippen LogP contribution in [0.4, 0.5) is 10.1 Å². The molecule has 0 radical (unpaired) electrons. The molecule has 0 fully saturated rings. The van der Waals surface area contributed by atoms with Gasteiger partial charge in [-0.2, -0.15) is 0 Å². The Morgan fingerprint density at radius 2 is 2.00 bits per heavy atom. The van der Waals surface area contributed by atoms with Crippen molar-refractivity contribution in [2.24, 2.45) is 5.41 Å². The molecule has 2 heteroatoms. The first-order valence-electron chi connectivity index (χ1n) is 7.09. The van der Waals surface area contributed by atoms with Crippen LogP contribution in [0.5, 0.6) is 0 Å². The van der Waals surface area contributed by atoms with E-state index >= 15 is 0 Å². The van der Waals surface area contributed by atoms with Gasteiger partial charge in [0.25, 0.3) is 0 Å². The van der Waals surface area contributed by atoms with Crippen LogP contribution in [-0.4, -0.2) is 6.54 Å². The molecule has 104 valence electrons. The zero-order valence-electron chi connectivity index (χ0n) is 12.4. The molecule has 0 aromatic heterocycles. The third-order valence-electron chi connectivity index (χ3n) is 4.33. The summed E-state index contributed by atoms with van der Waals surface area (Å²) in [5, 5.41) is 3.37. The minimum atomic E-state index is -0.140. The predicted molar refractivity (Wildman–Crippen MR) is 80.0 cm³/mol. The molecule has 0 amide bonds. The number of hydrogen-bond donors (Lipinski definition) is 1. The molecule has 1 aromatic carbocycles. The maximum atomic E-state index is 13.5. The third-order valence-corrected chi connectivity index (χ3v) is 4.33. The highest BCUT2D eigenvalue weighted by Crippen LogP contribution is 2.39. The second-order valence-electron chi connectivity index (χ2n) is 6.31. The molecule has 0 aliphatic heterocycles. The summed E-state index contributed by atoms with van der Waals surface area (Å²) in [7, 11) is 0. The lowest BCUT2D eigenvalue weighted by atomic mass is 9.73. The first kappa shape index (κ1) is 14.1. The molecule has 1 aromatic rings. The van der Waals surface area contributed by atoms with E-state index in [0.717, 1.165) is 12.2 Å². The molecule has 0 spiro atoms. The van der Waals surface area contributed by atoms with Gasteiger partial charge in [-0.05, 0) is 61.8 Å². The smallest absolute Gasteiger partial charge is 0.128 e. The highest BCUT2D eigenvalue weighted by atomic mass is 19.1. The molecule has 1 aliphatic carbocycles. The number of halogens is 1. The zero-order chi connectivity index (χ0) is 14.0. The first-order chi connectivity index (χ1) is 8.90. The lowest BCUT2D eigenvalue weighted by Crippen LogP contribution is -2.25. The summed E-state index contributed by atoms with van der Waals surface area (Å²) in [6.45, 7) is 9.45. The Hall–Kier alpha value is -1.31. The van der Waals surface area contributed by atoms with Gasteiger partial charge in [0.2, 0.25) is 0 Å². The average molecular weight is 261 g/mol. The topological polar surface area (TPSA) is 12.0 Å². The fraction of sp³-hybridized carbons (Fsp3) is 0.529. The Kier molecular flexibility index (Phi) is 3.98. The average Bonchev–Trinajstić information content (AvgIpc) is 2.32. The summed E-state index contributed by atoms with van der Waals surface area (Å²) in [4.78, 5) is 0. The van der Waals surface area contributed by atoms with Crippen molar-refractivity contribution in [1.82, 2.24) is 0 Å². The minimum absolute atomic E-state index is 0.140. The van der Waals surface area contributed by atoms with Crippen LogP contribution in [0.15, 0.2) is 29.3 Å². The van der Waals surface area contributed by atoms with Crippen molar-refractivity contribution in [3.63, 3.8) is 0 Å². The van der Waals surface area contributed by atoms with Crippen molar-refractivity contribution in [2.75, 3.05) is 11.9 Å². The van der Waals surface area contributed by atoms with E-state index < -0.39 is 0 Å². The van der Waals surface area contributed by atoms with Gasteiger partial charge in [0.15, 0.2) is 0 Å². The predicted octanol–water partition coefficient (Wildman–Crippen LogP) is 5.07. The van der Waals surface area contributed by atoms with E-state index in [1.165, 1.54) is 30.4 Å². The minimum Gasteiger partial charge on any atom is -0.381 e. The highest BCUT2D eigenvalue weighted by molar-refractivity contribution is 5.47. The second kappa shape index (κ2) is 5.36. The van der Waals surface area contributed by atoms with Crippen LogP contribution in [0.25, 0.3) is 0 Å². The Bertz CT molecular complexity index is 500. The summed E-state index contributed by atoms with van der Waals surface area (Å²) in [6.07, 6.45) is 3.72. The molecule has 1 N–H and O–H groups in total. The molecule has 0 atom stereocenters. The molecule has 0 saturated heterocycles. The van der Waals surface area contributed by atoms with Crippen LogP contribution < -0.4 is 5.32 Å². The molecule has 1 nitrogen and oxygen atoms in total. The monoisotopic (exact) mass is 261 g/mol. The number of aryl methyl sites for hydroxylation is 1. The van der Waals surface area contributed by atoms with E-state index in [9.17, 15) is 4.39 Å². The maximum absolute atomic E-state index is 13.5. The Balaban J connectivity index is 2.11. The van der Waals surface area contributed by atoms with Gasteiger partial charge in [-0.1, -0.05) is 25.5 Å². The number of anilines is 1. The van der Waals surface area contributed by atoms with Gasteiger partial charge in [0.05, 0.1) is 0 Å². The molecule has 1 aliphatic rings. The maximum Gasteiger partial charge on any atom is 0.128 e.